The van der Waals surface area contributed by atoms with Crippen LogP contribution in [-0.4, -0.2) is 18.5 Å². The fourth-order valence-electron chi connectivity index (χ4n) is 2.22. The molecule has 0 unspecified atom stereocenters. The topological polar surface area (TPSA) is 46.3 Å². The monoisotopic (exact) mass is 268 g/mol. The lowest BCUT2D eigenvalue weighted by molar-refractivity contribution is -0.118. The number of hydrogen-bond donors (Lipinski definition) is 1. The van der Waals surface area contributed by atoms with E-state index in [1.54, 1.807) is 13.1 Å². The van der Waals surface area contributed by atoms with E-state index in [9.17, 15) is 13.6 Å². The average Bonchev–Trinajstić information content (AvgIpc) is 2.32. The zero-order valence-corrected chi connectivity index (χ0v) is 11.3. The Kier molecular flexibility index (Phi) is 3.13. The number of rotatable bonds is 2. The molecule has 0 aliphatic carbocycles. The minimum atomic E-state index is -3.11. The SMILES string of the molecule is CN1C(=O)CCc2cc(C(F)(F)C(C)(C)N)ccc21. The summed E-state index contributed by atoms with van der Waals surface area (Å²) in [5.41, 5.74) is 5.30. The van der Waals surface area contributed by atoms with E-state index in [0.29, 0.717) is 18.5 Å². The third kappa shape index (κ3) is 2.23. The number of nitrogens with two attached hydrogens (primary N) is 1. The summed E-state index contributed by atoms with van der Waals surface area (Å²) < 4.78 is 28.4. The van der Waals surface area contributed by atoms with E-state index in [-0.39, 0.29) is 11.5 Å². The molecular weight excluding hydrogens is 250 g/mol. The highest BCUT2D eigenvalue weighted by molar-refractivity contribution is 5.95. The maximum absolute atomic E-state index is 14.2. The van der Waals surface area contributed by atoms with Crippen molar-refractivity contribution >= 4 is 11.6 Å². The van der Waals surface area contributed by atoms with Gasteiger partial charge in [-0.15, -0.1) is 0 Å². The fraction of sp³-hybridized carbons (Fsp3) is 0.500. The second kappa shape index (κ2) is 4.27. The van der Waals surface area contributed by atoms with Gasteiger partial charge in [0.2, 0.25) is 5.91 Å². The molecule has 5 heteroatoms. The van der Waals surface area contributed by atoms with E-state index in [1.807, 2.05) is 0 Å². The van der Waals surface area contributed by atoms with Crippen LogP contribution in [0.5, 0.6) is 0 Å². The van der Waals surface area contributed by atoms with Crippen molar-refractivity contribution in [1.82, 2.24) is 0 Å². The van der Waals surface area contributed by atoms with Crippen LogP contribution in [0.2, 0.25) is 0 Å². The van der Waals surface area contributed by atoms with Gasteiger partial charge >= 0.3 is 0 Å². The van der Waals surface area contributed by atoms with Gasteiger partial charge < -0.3 is 10.6 Å². The van der Waals surface area contributed by atoms with Crippen molar-refractivity contribution in [1.29, 1.82) is 0 Å². The lowest BCUT2D eigenvalue weighted by Crippen LogP contribution is -2.48. The minimum absolute atomic E-state index is 0.00571. The van der Waals surface area contributed by atoms with E-state index >= 15 is 0 Å². The number of carbonyl (C=O) groups is 1. The number of carbonyl (C=O) groups excluding carboxylic acids is 1. The lowest BCUT2D eigenvalue weighted by Gasteiger charge is -2.32. The first-order valence-electron chi connectivity index (χ1n) is 6.21. The van der Waals surface area contributed by atoms with Crippen LogP contribution < -0.4 is 10.6 Å². The Morgan fingerprint density at radius 2 is 1.89 bits per heavy atom. The summed E-state index contributed by atoms with van der Waals surface area (Å²) in [5.74, 6) is -3.10. The molecule has 1 aromatic carbocycles. The van der Waals surface area contributed by atoms with Gasteiger partial charge in [-0.05, 0) is 38.0 Å². The van der Waals surface area contributed by atoms with E-state index in [1.165, 1.54) is 30.9 Å². The van der Waals surface area contributed by atoms with E-state index < -0.39 is 11.5 Å². The van der Waals surface area contributed by atoms with E-state index in [2.05, 4.69) is 0 Å². The second-order valence-electron chi connectivity index (χ2n) is 5.59. The summed E-state index contributed by atoms with van der Waals surface area (Å²) in [4.78, 5) is 13.1. The molecule has 0 atom stereocenters. The molecule has 2 N–H and O–H groups in total. The standard InChI is InChI=1S/C14H18F2N2O/c1-13(2,17)14(15,16)10-5-6-11-9(8-10)4-7-12(19)18(11)3/h5-6,8H,4,7,17H2,1-3H3. The van der Waals surface area contributed by atoms with Gasteiger partial charge in [0.1, 0.15) is 0 Å². The number of alkyl halides is 2. The first-order valence-corrected chi connectivity index (χ1v) is 6.21. The minimum Gasteiger partial charge on any atom is -0.320 e. The number of benzene rings is 1. The zero-order chi connectivity index (χ0) is 14.4. The molecule has 104 valence electrons. The Labute approximate surface area is 111 Å². The van der Waals surface area contributed by atoms with Crippen molar-refractivity contribution in [3.63, 3.8) is 0 Å². The molecule has 0 fully saturated rings. The first kappa shape index (κ1) is 13.9. The van der Waals surface area contributed by atoms with Crippen molar-refractivity contribution in [3.05, 3.63) is 29.3 Å². The molecule has 0 spiro atoms. The highest BCUT2D eigenvalue weighted by atomic mass is 19.3. The number of hydrogen-bond acceptors (Lipinski definition) is 2. The van der Waals surface area contributed by atoms with Gasteiger partial charge in [0, 0.05) is 24.7 Å². The maximum Gasteiger partial charge on any atom is 0.290 e. The predicted octanol–water partition coefficient (Wildman–Crippen LogP) is 2.42. The van der Waals surface area contributed by atoms with Crippen LogP contribution in [0.3, 0.4) is 0 Å². The third-order valence-electron chi connectivity index (χ3n) is 3.59. The molecule has 1 aliphatic heterocycles. The van der Waals surface area contributed by atoms with Crippen molar-refractivity contribution in [2.45, 2.75) is 38.2 Å². The summed E-state index contributed by atoms with van der Waals surface area (Å²) >= 11 is 0. The Balaban J connectivity index is 2.46. The number of amides is 1. The van der Waals surface area contributed by atoms with Gasteiger partial charge in [-0.3, -0.25) is 4.79 Å². The highest BCUT2D eigenvalue weighted by Crippen LogP contribution is 2.39. The predicted molar refractivity (Wildman–Crippen MR) is 70.3 cm³/mol. The Bertz CT molecular complexity index is 521. The Morgan fingerprint density at radius 3 is 2.47 bits per heavy atom. The molecule has 1 aromatic rings. The summed E-state index contributed by atoms with van der Waals surface area (Å²) in [5, 5.41) is 0. The average molecular weight is 268 g/mol. The van der Waals surface area contributed by atoms with Gasteiger partial charge in [-0.1, -0.05) is 6.07 Å². The molecule has 0 bridgehead atoms. The number of nitrogens with zero attached hydrogens (tertiary/aromatic N) is 1. The first-order chi connectivity index (χ1) is 8.64. The lowest BCUT2D eigenvalue weighted by atomic mass is 9.88. The maximum atomic E-state index is 14.2. The van der Waals surface area contributed by atoms with Crippen molar-refractivity contribution in [3.8, 4) is 0 Å². The molecule has 1 heterocycles. The van der Waals surface area contributed by atoms with Crippen LogP contribution >= 0.6 is 0 Å². The third-order valence-corrected chi connectivity index (χ3v) is 3.59. The molecule has 3 nitrogen and oxygen atoms in total. The van der Waals surface area contributed by atoms with Crippen LogP contribution in [0.15, 0.2) is 18.2 Å². The van der Waals surface area contributed by atoms with Gasteiger partial charge in [0.05, 0.1) is 5.54 Å². The van der Waals surface area contributed by atoms with Crippen molar-refractivity contribution in [2.24, 2.45) is 5.73 Å². The van der Waals surface area contributed by atoms with Crippen molar-refractivity contribution < 1.29 is 13.6 Å². The quantitative estimate of drug-likeness (QED) is 0.895. The van der Waals surface area contributed by atoms with Gasteiger partial charge in [-0.2, -0.15) is 8.78 Å². The van der Waals surface area contributed by atoms with Crippen LogP contribution in [-0.2, 0) is 17.1 Å². The summed E-state index contributed by atoms with van der Waals surface area (Å²) in [7, 11) is 1.66. The molecule has 0 saturated heterocycles. The number of aryl methyl sites for hydroxylation is 1. The van der Waals surface area contributed by atoms with Crippen LogP contribution in [0.1, 0.15) is 31.4 Å². The van der Waals surface area contributed by atoms with Crippen LogP contribution in [0.25, 0.3) is 0 Å². The summed E-state index contributed by atoms with van der Waals surface area (Å²) in [6.45, 7) is 2.62. The molecule has 0 aromatic heterocycles. The van der Waals surface area contributed by atoms with Gasteiger partial charge in [0.25, 0.3) is 5.92 Å². The molecule has 2 rings (SSSR count). The van der Waals surface area contributed by atoms with Gasteiger partial charge in [-0.25, -0.2) is 0 Å². The fourth-order valence-corrected chi connectivity index (χ4v) is 2.22. The normalized spacial score (nSPS) is 16.5. The Morgan fingerprint density at radius 1 is 1.26 bits per heavy atom. The molecular formula is C14H18F2N2O. The summed E-state index contributed by atoms with van der Waals surface area (Å²) in [6, 6.07) is 4.39. The number of halogens is 2. The molecule has 19 heavy (non-hydrogen) atoms. The second-order valence-corrected chi connectivity index (χ2v) is 5.59. The highest BCUT2D eigenvalue weighted by Gasteiger charge is 2.45. The smallest absolute Gasteiger partial charge is 0.290 e. The molecule has 1 aliphatic rings. The van der Waals surface area contributed by atoms with Gasteiger partial charge in [0.15, 0.2) is 0 Å². The largest absolute Gasteiger partial charge is 0.320 e. The number of anilines is 1. The molecule has 1 amide bonds. The van der Waals surface area contributed by atoms with E-state index in [0.717, 1.165) is 5.56 Å². The van der Waals surface area contributed by atoms with Crippen molar-refractivity contribution in [2.75, 3.05) is 11.9 Å². The molecule has 0 saturated carbocycles. The van der Waals surface area contributed by atoms with Crippen LogP contribution in [0.4, 0.5) is 14.5 Å². The Hall–Kier alpha value is -1.49. The summed E-state index contributed by atoms with van der Waals surface area (Å²) in [6.07, 6.45) is 0.845. The molecule has 0 radical (unpaired) electrons. The van der Waals surface area contributed by atoms with E-state index in [4.69, 9.17) is 5.73 Å². The van der Waals surface area contributed by atoms with Crippen LogP contribution in [0, 0.1) is 0 Å². The zero-order valence-electron chi connectivity index (χ0n) is 11.3. The number of fused-ring (bicyclic) bond motifs is 1.